The standard InChI is InChI=1S/C15H20O2.C2H6/c1-17-15(16)14(12-8-4-2-5-9-12)13-10-6-3-7-11-13;1-2/h2,4-5,8-9,13-14H,3,6-7,10-11H2,1H3;1-2H3/t14-;/m0./s1. The van der Waals surface area contributed by atoms with Gasteiger partial charge in [0, 0.05) is 0 Å². The third kappa shape index (κ3) is 4.38. The van der Waals surface area contributed by atoms with Crippen LogP contribution in [0.4, 0.5) is 0 Å². The predicted molar refractivity (Wildman–Crippen MR) is 79.1 cm³/mol. The summed E-state index contributed by atoms with van der Waals surface area (Å²) in [6.07, 6.45) is 6.08. The van der Waals surface area contributed by atoms with Crippen LogP contribution in [0.25, 0.3) is 0 Å². The van der Waals surface area contributed by atoms with E-state index in [4.69, 9.17) is 4.74 Å². The van der Waals surface area contributed by atoms with Crippen molar-refractivity contribution in [3.8, 4) is 0 Å². The summed E-state index contributed by atoms with van der Waals surface area (Å²) in [6, 6.07) is 10.0. The van der Waals surface area contributed by atoms with Gasteiger partial charge in [-0.2, -0.15) is 0 Å². The van der Waals surface area contributed by atoms with Crippen molar-refractivity contribution in [1.29, 1.82) is 0 Å². The maximum Gasteiger partial charge on any atom is 0.313 e. The van der Waals surface area contributed by atoms with Crippen molar-refractivity contribution in [2.24, 2.45) is 5.92 Å². The number of carbonyl (C=O) groups excluding carboxylic acids is 1. The molecule has 1 aliphatic carbocycles. The molecule has 0 unspecified atom stereocenters. The van der Waals surface area contributed by atoms with E-state index in [-0.39, 0.29) is 11.9 Å². The topological polar surface area (TPSA) is 26.3 Å². The number of esters is 1. The molecule has 0 amide bonds. The van der Waals surface area contributed by atoms with Crippen LogP contribution in [0.3, 0.4) is 0 Å². The van der Waals surface area contributed by atoms with E-state index in [0.717, 1.165) is 18.4 Å². The molecule has 0 aliphatic heterocycles. The third-order valence-corrected chi connectivity index (χ3v) is 3.74. The van der Waals surface area contributed by atoms with Crippen LogP contribution in [0.2, 0.25) is 0 Å². The van der Waals surface area contributed by atoms with Gasteiger partial charge in [-0.3, -0.25) is 4.79 Å². The highest BCUT2D eigenvalue weighted by Crippen LogP contribution is 2.36. The Hall–Kier alpha value is -1.31. The average Bonchev–Trinajstić information content (AvgIpc) is 2.51. The van der Waals surface area contributed by atoms with Gasteiger partial charge < -0.3 is 4.74 Å². The Morgan fingerprint density at radius 2 is 1.68 bits per heavy atom. The zero-order valence-corrected chi connectivity index (χ0v) is 12.4. The summed E-state index contributed by atoms with van der Waals surface area (Å²) in [4.78, 5) is 12.0. The molecule has 0 heterocycles. The molecule has 1 saturated carbocycles. The lowest BCUT2D eigenvalue weighted by atomic mass is 9.77. The number of ether oxygens (including phenoxy) is 1. The van der Waals surface area contributed by atoms with Gasteiger partial charge in [0.15, 0.2) is 0 Å². The van der Waals surface area contributed by atoms with Crippen LogP contribution in [-0.4, -0.2) is 13.1 Å². The molecule has 1 aliphatic rings. The molecule has 0 saturated heterocycles. The largest absolute Gasteiger partial charge is 0.469 e. The van der Waals surface area contributed by atoms with Gasteiger partial charge in [-0.15, -0.1) is 0 Å². The first-order valence-corrected chi connectivity index (χ1v) is 7.45. The van der Waals surface area contributed by atoms with E-state index in [9.17, 15) is 4.79 Å². The summed E-state index contributed by atoms with van der Waals surface area (Å²) >= 11 is 0. The van der Waals surface area contributed by atoms with Crippen molar-refractivity contribution in [3.63, 3.8) is 0 Å². The van der Waals surface area contributed by atoms with Crippen molar-refractivity contribution in [2.45, 2.75) is 51.9 Å². The van der Waals surface area contributed by atoms with Gasteiger partial charge in [-0.05, 0) is 24.3 Å². The summed E-state index contributed by atoms with van der Waals surface area (Å²) in [7, 11) is 1.49. The summed E-state index contributed by atoms with van der Waals surface area (Å²) in [5, 5.41) is 0. The summed E-state index contributed by atoms with van der Waals surface area (Å²) in [5.74, 6) is 0.309. The van der Waals surface area contributed by atoms with E-state index in [1.807, 2.05) is 44.2 Å². The second-order valence-electron chi connectivity index (χ2n) is 4.81. The number of hydrogen-bond acceptors (Lipinski definition) is 2. The number of rotatable bonds is 3. The Labute approximate surface area is 117 Å². The molecule has 0 N–H and O–H groups in total. The van der Waals surface area contributed by atoms with Crippen molar-refractivity contribution in [2.75, 3.05) is 7.11 Å². The van der Waals surface area contributed by atoms with E-state index < -0.39 is 0 Å². The highest BCUT2D eigenvalue weighted by Gasteiger charge is 2.31. The van der Waals surface area contributed by atoms with Gasteiger partial charge in [-0.25, -0.2) is 0 Å². The van der Waals surface area contributed by atoms with Crippen LogP contribution >= 0.6 is 0 Å². The van der Waals surface area contributed by atoms with Gasteiger partial charge in [0.1, 0.15) is 0 Å². The SMILES string of the molecule is CC.COC(=O)[C@@H](c1ccccc1)C1CCCCC1. The Morgan fingerprint density at radius 1 is 1.11 bits per heavy atom. The second kappa shape index (κ2) is 8.73. The molecule has 1 aromatic rings. The summed E-state index contributed by atoms with van der Waals surface area (Å²) in [5.41, 5.74) is 1.10. The Kier molecular flexibility index (Phi) is 7.24. The number of methoxy groups -OCH3 is 1. The van der Waals surface area contributed by atoms with E-state index in [0.29, 0.717) is 5.92 Å². The number of hydrogen-bond donors (Lipinski definition) is 0. The molecule has 1 fully saturated rings. The first kappa shape index (κ1) is 15.7. The Bertz CT molecular complexity index is 353. The quantitative estimate of drug-likeness (QED) is 0.747. The van der Waals surface area contributed by atoms with Gasteiger partial charge in [0.05, 0.1) is 13.0 Å². The van der Waals surface area contributed by atoms with Crippen molar-refractivity contribution >= 4 is 5.97 Å². The van der Waals surface area contributed by atoms with E-state index >= 15 is 0 Å². The molecule has 2 rings (SSSR count). The molecule has 106 valence electrons. The molecular formula is C17H26O2. The monoisotopic (exact) mass is 262 g/mol. The molecule has 1 atom stereocenters. The van der Waals surface area contributed by atoms with Crippen LogP contribution in [0, 0.1) is 5.92 Å². The summed E-state index contributed by atoms with van der Waals surface area (Å²) in [6.45, 7) is 4.00. The average molecular weight is 262 g/mol. The van der Waals surface area contributed by atoms with Gasteiger partial charge in [0.25, 0.3) is 0 Å². The minimum absolute atomic E-state index is 0.0681. The zero-order valence-electron chi connectivity index (χ0n) is 12.4. The molecular weight excluding hydrogens is 236 g/mol. The Balaban J connectivity index is 0.000000861. The van der Waals surface area contributed by atoms with Crippen LogP contribution in [0.5, 0.6) is 0 Å². The fourth-order valence-corrected chi connectivity index (χ4v) is 2.86. The maximum absolute atomic E-state index is 12.0. The maximum atomic E-state index is 12.0. The number of carbonyl (C=O) groups is 1. The first-order chi connectivity index (χ1) is 9.33. The highest BCUT2D eigenvalue weighted by molar-refractivity contribution is 5.78. The van der Waals surface area contributed by atoms with Crippen LogP contribution in [0.1, 0.15) is 57.4 Å². The lowest BCUT2D eigenvalue weighted by Crippen LogP contribution is -2.24. The minimum atomic E-state index is -0.0805. The van der Waals surface area contributed by atoms with Crippen LogP contribution in [0.15, 0.2) is 30.3 Å². The molecule has 0 bridgehead atoms. The van der Waals surface area contributed by atoms with E-state index in [2.05, 4.69) is 0 Å². The fourth-order valence-electron chi connectivity index (χ4n) is 2.86. The first-order valence-electron chi connectivity index (χ1n) is 7.45. The van der Waals surface area contributed by atoms with Crippen LogP contribution < -0.4 is 0 Å². The van der Waals surface area contributed by atoms with Gasteiger partial charge in [-0.1, -0.05) is 63.4 Å². The highest BCUT2D eigenvalue weighted by atomic mass is 16.5. The molecule has 0 spiro atoms. The molecule has 2 heteroatoms. The molecule has 2 nitrogen and oxygen atoms in total. The number of benzene rings is 1. The lowest BCUT2D eigenvalue weighted by Gasteiger charge is -2.28. The van der Waals surface area contributed by atoms with E-state index in [1.54, 1.807) is 0 Å². The lowest BCUT2D eigenvalue weighted by molar-refractivity contribution is -0.144. The van der Waals surface area contributed by atoms with E-state index in [1.165, 1.54) is 26.4 Å². The molecule has 0 aromatic heterocycles. The zero-order chi connectivity index (χ0) is 14.1. The van der Waals surface area contributed by atoms with Gasteiger partial charge >= 0.3 is 5.97 Å². The van der Waals surface area contributed by atoms with Crippen molar-refractivity contribution in [1.82, 2.24) is 0 Å². The fraction of sp³-hybridized carbons (Fsp3) is 0.588. The molecule has 0 radical (unpaired) electrons. The third-order valence-electron chi connectivity index (χ3n) is 3.74. The summed E-state index contributed by atoms with van der Waals surface area (Å²) < 4.78 is 4.98. The normalized spacial score (nSPS) is 17.0. The van der Waals surface area contributed by atoms with Crippen molar-refractivity contribution in [3.05, 3.63) is 35.9 Å². The van der Waals surface area contributed by atoms with Crippen LogP contribution in [-0.2, 0) is 9.53 Å². The molecule has 1 aromatic carbocycles. The van der Waals surface area contributed by atoms with Gasteiger partial charge in [0.2, 0.25) is 0 Å². The van der Waals surface area contributed by atoms with Crippen molar-refractivity contribution < 1.29 is 9.53 Å². The minimum Gasteiger partial charge on any atom is -0.469 e. The smallest absolute Gasteiger partial charge is 0.313 e. The Morgan fingerprint density at radius 3 is 2.21 bits per heavy atom. The predicted octanol–water partition coefficient (Wildman–Crippen LogP) is 4.55. The molecule has 19 heavy (non-hydrogen) atoms. The second-order valence-corrected chi connectivity index (χ2v) is 4.81.